The molecule has 0 radical (unpaired) electrons. The summed E-state index contributed by atoms with van der Waals surface area (Å²) in [4.78, 5) is 13.0. The molecule has 0 spiro atoms. The summed E-state index contributed by atoms with van der Waals surface area (Å²) in [6, 6.07) is 15.8. The van der Waals surface area contributed by atoms with Gasteiger partial charge in [0.15, 0.2) is 5.69 Å². The van der Waals surface area contributed by atoms with Crippen LogP contribution in [0.3, 0.4) is 0 Å². The zero-order valence-corrected chi connectivity index (χ0v) is 23.8. The predicted octanol–water partition coefficient (Wildman–Crippen LogP) is 7.16. The maximum Gasteiger partial charge on any atom is 0.296 e. The van der Waals surface area contributed by atoms with Crippen molar-refractivity contribution in [3.8, 4) is 30.4 Å². The van der Waals surface area contributed by atoms with E-state index in [1.54, 1.807) is 31.2 Å². The molecule has 11 nitrogen and oxygen atoms in total. The number of nitro benzene ring substituents is 1. The minimum atomic E-state index is -0.479. The molecule has 0 unspecified atom stereocenters. The highest BCUT2D eigenvalue weighted by Crippen LogP contribution is 2.37. The van der Waals surface area contributed by atoms with Crippen molar-refractivity contribution in [1.29, 1.82) is 0 Å². The molecule has 0 aliphatic rings. The van der Waals surface area contributed by atoms with Crippen LogP contribution in [-0.2, 0) is 9.47 Å². The second-order valence-electron chi connectivity index (χ2n) is 8.98. The third-order valence-corrected chi connectivity index (χ3v) is 5.96. The lowest BCUT2D eigenvalue weighted by molar-refractivity contribution is -0.384. The summed E-state index contributed by atoms with van der Waals surface area (Å²) in [7, 11) is 1.51. The summed E-state index contributed by atoms with van der Waals surface area (Å²) in [5.41, 5.74) is 4.14. The first-order valence-corrected chi connectivity index (χ1v) is 13.0. The van der Waals surface area contributed by atoms with Crippen LogP contribution in [0.15, 0.2) is 75.1 Å². The Bertz CT molecular complexity index is 1480. The van der Waals surface area contributed by atoms with Gasteiger partial charge in [0.2, 0.25) is 0 Å². The quantitative estimate of drug-likeness (QED) is 0.0630. The molecule has 0 atom stereocenters. The molecule has 0 amide bonds. The van der Waals surface area contributed by atoms with Crippen LogP contribution >= 0.6 is 0 Å². The standard InChI is InChI=1S/C31H32N6O5/c1-6-16-41-18-14-36(15-19-42-17-7-2)26-11-9-25(10-12-26)32-35-29-21-24(4)28(22-31(29)40-5)34-33-27-13-8-23(3)20-30(27)37(38)39/h1-2,8-13,20-22H,14-19H2,3-5H3. The van der Waals surface area contributed by atoms with Crippen LogP contribution in [0.2, 0.25) is 0 Å². The van der Waals surface area contributed by atoms with Crippen LogP contribution in [0.25, 0.3) is 0 Å². The first-order valence-electron chi connectivity index (χ1n) is 13.0. The number of benzene rings is 3. The fourth-order valence-corrected chi connectivity index (χ4v) is 3.81. The number of rotatable bonds is 15. The van der Waals surface area contributed by atoms with Crippen molar-refractivity contribution in [1.82, 2.24) is 0 Å². The monoisotopic (exact) mass is 568 g/mol. The van der Waals surface area contributed by atoms with Gasteiger partial charge in [0.25, 0.3) is 5.69 Å². The summed E-state index contributed by atoms with van der Waals surface area (Å²) in [6.07, 6.45) is 10.5. The molecular weight excluding hydrogens is 536 g/mol. The first kappa shape index (κ1) is 31.4. The number of azo groups is 2. The average molecular weight is 569 g/mol. The molecule has 0 N–H and O–H groups in total. The van der Waals surface area contributed by atoms with E-state index < -0.39 is 4.92 Å². The van der Waals surface area contributed by atoms with E-state index in [2.05, 4.69) is 37.2 Å². The molecule has 0 bridgehead atoms. The largest absolute Gasteiger partial charge is 0.494 e. The molecule has 216 valence electrons. The Morgan fingerprint density at radius 3 is 2.05 bits per heavy atom. The Hall–Kier alpha value is -5.10. The third kappa shape index (κ3) is 9.24. The maximum atomic E-state index is 11.4. The summed E-state index contributed by atoms with van der Waals surface area (Å²) >= 11 is 0. The van der Waals surface area contributed by atoms with Crippen molar-refractivity contribution in [2.24, 2.45) is 20.5 Å². The van der Waals surface area contributed by atoms with Crippen molar-refractivity contribution in [2.45, 2.75) is 13.8 Å². The second kappa shape index (κ2) is 16.2. The number of aryl methyl sites for hydroxylation is 2. The van der Waals surface area contributed by atoms with Crippen LogP contribution in [0.1, 0.15) is 11.1 Å². The molecule has 0 aliphatic carbocycles. The first-order chi connectivity index (χ1) is 20.4. The lowest BCUT2D eigenvalue weighted by Gasteiger charge is -2.24. The number of nitrogens with zero attached hydrogens (tertiary/aromatic N) is 6. The third-order valence-electron chi connectivity index (χ3n) is 5.96. The molecule has 0 aliphatic heterocycles. The van der Waals surface area contributed by atoms with E-state index in [4.69, 9.17) is 27.1 Å². The van der Waals surface area contributed by atoms with E-state index >= 15 is 0 Å². The number of methoxy groups -OCH3 is 1. The number of anilines is 1. The highest BCUT2D eigenvalue weighted by Gasteiger charge is 2.14. The van der Waals surface area contributed by atoms with Crippen molar-refractivity contribution < 1.29 is 19.1 Å². The van der Waals surface area contributed by atoms with Crippen molar-refractivity contribution >= 4 is 34.1 Å². The summed E-state index contributed by atoms with van der Waals surface area (Å²) < 4.78 is 16.4. The van der Waals surface area contributed by atoms with Gasteiger partial charge in [0.1, 0.15) is 24.7 Å². The topological polar surface area (TPSA) is 124 Å². The molecule has 42 heavy (non-hydrogen) atoms. The minimum absolute atomic E-state index is 0.114. The lowest BCUT2D eigenvalue weighted by Crippen LogP contribution is -2.31. The number of hydrogen-bond donors (Lipinski definition) is 0. The van der Waals surface area contributed by atoms with Gasteiger partial charge in [0, 0.05) is 30.9 Å². The molecule has 0 saturated heterocycles. The fraction of sp³-hybridized carbons (Fsp3) is 0.290. The fourth-order valence-electron chi connectivity index (χ4n) is 3.81. The number of hydrogen-bond acceptors (Lipinski definition) is 10. The SMILES string of the molecule is C#CCOCCN(CCOCC#C)c1ccc(N=Nc2cc(C)c(N=Nc3ccc(C)cc3[N+](=O)[O-])cc2OC)cc1. The smallest absolute Gasteiger partial charge is 0.296 e. The van der Waals surface area contributed by atoms with Gasteiger partial charge in [-0.15, -0.1) is 28.2 Å². The van der Waals surface area contributed by atoms with E-state index in [-0.39, 0.29) is 24.6 Å². The molecule has 11 heteroatoms. The Morgan fingerprint density at radius 1 is 0.833 bits per heavy atom. The molecule has 0 saturated carbocycles. The van der Waals surface area contributed by atoms with Gasteiger partial charge < -0.3 is 19.1 Å². The maximum absolute atomic E-state index is 11.4. The molecule has 3 rings (SSSR count). The van der Waals surface area contributed by atoms with Gasteiger partial charge in [-0.2, -0.15) is 5.11 Å². The molecule has 3 aromatic carbocycles. The van der Waals surface area contributed by atoms with E-state index in [0.29, 0.717) is 49.1 Å². The van der Waals surface area contributed by atoms with Crippen molar-refractivity contribution in [2.75, 3.05) is 51.5 Å². The zero-order valence-electron chi connectivity index (χ0n) is 23.8. The summed E-state index contributed by atoms with van der Waals surface area (Å²) in [6.45, 7) is 6.30. The van der Waals surface area contributed by atoms with E-state index in [1.165, 1.54) is 13.2 Å². The lowest BCUT2D eigenvalue weighted by atomic mass is 10.1. The van der Waals surface area contributed by atoms with Gasteiger partial charge >= 0.3 is 0 Å². The van der Waals surface area contributed by atoms with E-state index in [9.17, 15) is 10.1 Å². The summed E-state index contributed by atoms with van der Waals surface area (Å²) in [5.74, 6) is 5.35. The van der Waals surface area contributed by atoms with Crippen LogP contribution in [0.4, 0.5) is 34.1 Å². The molecule has 3 aromatic rings. The Morgan fingerprint density at radius 2 is 1.45 bits per heavy atom. The highest BCUT2D eigenvalue weighted by atomic mass is 16.6. The van der Waals surface area contributed by atoms with Gasteiger partial charge in [-0.3, -0.25) is 10.1 Å². The highest BCUT2D eigenvalue weighted by molar-refractivity contribution is 5.64. The Labute approximate surface area is 245 Å². The van der Waals surface area contributed by atoms with Gasteiger partial charge in [-0.25, -0.2) is 0 Å². The van der Waals surface area contributed by atoms with E-state index in [1.807, 2.05) is 31.2 Å². The van der Waals surface area contributed by atoms with E-state index in [0.717, 1.165) is 16.8 Å². The average Bonchev–Trinajstić information content (AvgIpc) is 2.99. The number of ether oxygens (including phenoxy) is 3. The van der Waals surface area contributed by atoms with Crippen LogP contribution in [0.5, 0.6) is 5.75 Å². The van der Waals surface area contributed by atoms with Crippen molar-refractivity contribution in [3.63, 3.8) is 0 Å². The Kier molecular flexibility index (Phi) is 12.1. The second-order valence-corrected chi connectivity index (χ2v) is 8.98. The Balaban J connectivity index is 1.76. The zero-order chi connectivity index (χ0) is 30.3. The van der Waals surface area contributed by atoms with Gasteiger partial charge in [0.05, 0.1) is 36.6 Å². The number of nitro groups is 1. The van der Waals surface area contributed by atoms with Gasteiger partial charge in [-0.05, 0) is 61.4 Å². The van der Waals surface area contributed by atoms with Gasteiger partial charge in [-0.1, -0.05) is 17.9 Å². The van der Waals surface area contributed by atoms with Crippen LogP contribution < -0.4 is 9.64 Å². The van der Waals surface area contributed by atoms with Crippen LogP contribution in [-0.4, -0.2) is 51.6 Å². The molecule has 0 heterocycles. The predicted molar refractivity (Wildman–Crippen MR) is 162 cm³/mol. The molecule has 0 fully saturated rings. The molecular formula is C31H32N6O5. The van der Waals surface area contributed by atoms with Crippen molar-refractivity contribution in [3.05, 3.63) is 75.8 Å². The summed E-state index contributed by atoms with van der Waals surface area (Å²) in [5, 5.41) is 28.5. The normalized spacial score (nSPS) is 11.0. The molecule has 0 aromatic heterocycles. The van der Waals surface area contributed by atoms with Crippen LogP contribution in [0, 0.1) is 48.6 Å². The minimum Gasteiger partial charge on any atom is -0.494 e. The number of terminal acetylenes is 2.